The van der Waals surface area contributed by atoms with Crippen LogP contribution in [0.1, 0.15) is 0 Å². The van der Waals surface area contributed by atoms with Crippen LogP contribution in [0.15, 0.2) is 0 Å². The molecule has 0 unspecified atom stereocenters. The molecule has 0 saturated heterocycles. The first-order valence-corrected chi connectivity index (χ1v) is 1.15. The summed E-state index contributed by atoms with van der Waals surface area (Å²) in [5, 5.41) is 0. The Labute approximate surface area is 45.6 Å². The minimum absolute atomic E-state index is 0. The van der Waals surface area contributed by atoms with E-state index < -0.39 is 8.69 Å². The van der Waals surface area contributed by atoms with Crippen LogP contribution in [0, 0.1) is 7.43 Å². The average Bonchev–Trinajstić information content (AvgIpc) is 0.918. The average molecular weight is 144 g/mol. The van der Waals surface area contributed by atoms with E-state index in [1.54, 1.807) is 0 Å². The quantitative estimate of drug-likeness (QED) is 0.308. The maximum absolute atomic E-state index is 8.46. The predicted octanol–water partition coefficient (Wildman–Crippen LogP) is 0.633. The van der Waals surface area contributed by atoms with Gasteiger partial charge in [0.05, 0.1) is 0 Å². The topological polar surface area (TPSA) is 37.3 Å². The van der Waals surface area contributed by atoms with E-state index in [-0.39, 0.29) is 26.9 Å². The van der Waals surface area contributed by atoms with Gasteiger partial charge in [-0.1, -0.05) is 0 Å². The summed E-state index contributed by atoms with van der Waals surface area (Å²) in [5.74, 6) is 0. The molecular formula is CH4O2PZn-. The van der Waals surface area contributed by atoms with Crippen LogP contribution >= 0.6 is 8.69 Å². The second-order valence-corrected chi connectivity index (χ2v) is 0.245. The van der Waals surface area contributed by atoms with Crippen LogP contribution in [-0.2, 0) is 24.0 Å². The van der Waals surface area contributed by atoms with Gasteiger partial charge >= 0.3 is 8.69 Å². The van der Waals surface area contributed by atoms with Crippen LogP contribution in [0.25, 0.3) is 0 Å². The first kappa shape index (κ1) is 17.3. The third-order valence-corrected chi connectivity index (χ3v) is 0. The van der Waals surface area contributed by atoms with Crippen LogP contribution in [0.4, 0.5) is 0 Å². The summed E-state index contributed by atoms with van der Waals surface area (Å²) >= 11 is 0. The summed E-state index contributed by atoms with van der Waals surface area (Å²) < 4.78 is 8.46. The molecule has 0 amide bonds. The molecule has 0 bridgehead atoms. The Morgan fingerprint density at radius 1 is 1.60 bits per heavy atom. The van der Waals surface area contributed by atoms with Crippen molar-refractivity contribution < 1.29 is 28.9 Å². The summed E-state index contributed by atoms with van der Waals surface area (Å²) in [6.07, 6.45) is 0. The van der Waals surface area contributed by atoms with E-state index >= 15 is 0 Å². The molecule has 0 rings (SSSR count). The Morgan fingerprint density at radius 3 is 1.60 bits per heavy atom. The predicted molar refractivity (Wildman–Crippen MR) is 16.2 cm³/mol. The van der Waals surface area contributed by atoms with Crippen molar-refractivity contribution in [3.8, 4) is 0 Å². The van der Waals surface area contributed by atoms with Crippen LogP contribution < -0.4 is 0 Å². The Bertz CT molecular complexity index is 17.1. The van der Waals surface area contributed by atoms with Gasteiger partial charge in [-0.2, -0.15) is 0 Å². The summed E-state index contributed by atoms with van der Waals surface area (Å²) in [7, 11) is -0.833. The number of rotatable bonds is 0. The zero-order chi connectivity index (χ0) is 2.71. The molecule has 0 aromatic heterocycles. The second-order valence-electron chi connectivity index (χ2n) is 0.0816. The maximum atomic E-state index is 8.46. The monoisotopic (exact) mass is 143 g/mol. The SMILES string of the molecule is O=PO.[CH3-].[Zn]. The molecule has 0 aliphatic heterocycles. The first-order valence-electron chi connectivity index (χ1n) is 0.383. The van der Waals surface area contributed by atoms with Crippen LogP contribution in [-0.4, -0.2) is 4.89 Å². The first-order chi connectivity index (χ1) is 1.41. The Balaban J connectivity index is -0.0000000200. The van der Waals surface area contributed by atoms with Gasteiger partial charge in [-0.25, -0.2) is 4.57 Å². The molecule has 0 heterocycles. The maximum Gasteiger partial charge on any atom is 0.324 e. The van der Waals surface area contributed by atoms with Gasteiger partial charge in [0.25, 0.3) is 0 Å². The molecule has 0 saturated carbocycles. The van der Waals surface area contributed by atoms with E-state index in [0.29, 0.717) is 0 Å². The fourth-order valence-corrected chi connectivity index (χ4v) is 0. The Hall–Kier alpha value is 0.683. The molecule has 1 N–H and O–H groups in total. The molecule has 0 radical (unpaired) electrons. The van der Waals surface area contributed by atoms with E-state index in [1.807, 2.05) is 0 Å². The molecule has 4 heteroatoms. The van der Waals surface area contributed by atoms with Crippen LogP contribution in [0.3, 0.4) is 0 Å². The minimum Gasteiger partial charge on any atom is -0.358 e. The van der Waals surface area contributed by atoms with Gasteiger partial charge in [0.1, 0.15) is 0 Å². The third-order valence-electron chi connectivity index (χ3n) is 0. The summed E-state index contributed by atoms with van der Waals surface area (Å²) in [4.78, 5) is 6.99. The zero-order valence-corrected chi connectivity index (χ0v) is 6.87. The smallest absolute Gasteiger partial charge is 0.324 e. The molecule has 0 aliphatic rings. The summed E-state index contributed by atoms with van der Waals surface area (Å²) in [5.41, 5.74) is 0. The fourth-order valence-electron chi connectivity index (χ4n) is 0. The van der Waals surface area contributed by atoms with Gasteiger partial charge < -0.3 is 12.3 Å². The summed E-state index contributed by atoms with van der Waals surface area (Å²) in [6, 6.07) is 0. The molecule has 0 spiro atoms. The molecule has 2 nitrogen and oxygen atoms in total. The number of hydrogen-bond acceptors (Lipinski definition) is 1. The number of hydrogen-bond donors (Lipinski definition) is 1. The molecule has 28 valence electrons. The van der Waals surface area contributed by atoms with E-state index in [2.05, 4.69) is 0 Å². The Kier molecular flexibility index (Phi) is 77.6. The molecule has 5 heavy (non-hydrogen) atoms. The van der Waals surface area contributed by atoms with Crippen molar-refractivity contribution in [2.24, 2.45) is 0 Å². The minimum atomic E-state index is -0.833. The van der Waals surface area contributed by atoms with Gasteiger partial charge in [-0.05, 0) is 0 Å². The fraction of sp³-hybridized carbons (Fsp3) is 0. The van der Waals surface area contributed by atoms with Gasteiger partial charge in [0.2, 0.25) is 0 Å². The molecule has 0 aliphatic carbocycles. The molecule has 0 aromatic carbocycles. The Morgan fingerprint density at radius 2 is 1.60 bits per heavy atom. The normalized spacial score (nSPS) is 4.20. The van der Waals surface area contributed by atoms with E-state index in [9.17, 15) is 0 Å². The van der Waals surface area contributed by atoms with Crippen molar-refractivity contribution in [3.63, 3.8) is 0 Å². The zero-order valence-electron chi connectivity index (χ0n) is 3.01. The molecular weight excluding hydrogens is 140 g/mol. The van der Waals surface area contributed by atoms with E-state index in [0.717, 1.165) is 0 Å². The van der Waals surface area contributed by atoms with Crippen molar-refractivity contribution in [3.05, 3.63) is 7.43 Å². The van der Waals surface area contributed by atoms with Gasteiger partial charge in [0, 0.05) is 19.5 Å². The van der Waals surface area contributed by atoms with Crippen molar-refractivity contribution >= 4 is 8.69 Å². The largest absolute Gasteiger partial charge is 0.358 e. The van der Waals surface area contributed by atoms with E-state index in [4.69, 9.17) is 9.46 Å². The van der Waals surface area contributed by atoms with E-state index in [1.165, 1.54) is 0 Å². The molecule has 0 aromatic rings. The van der Waals surface area contributed by atoms with Gasteiger partial charge in [-0.3, -0.25) is 0 Å². The summed E-state index contributed by atoms with van der Waals surface area (Å²) in [6.45, 7) is 0. The molecule has 0 fully saturated rings. The van der Waals surface area contributed by atoms with Crippen molar-refractivity contribution in [2.45, 2.75) is 0 Å². The van der Waals surface area contributed by atoms with Crippen LogP contribution in [0.2, 0.25) is 0 Å². The van der Waals surface area contributed by atoms with Gasteiger partial charge in [0.15, 0.2) is 0 Å². The molecule has 0 atom stereocenters. The standard InChI is InChI=1S/CH3.HO2P.Zn/c;1-3-2;/h1H3;(H,1,2);/q-1;;. The second kappa shape index (κ2) is 22.4. The van der Waals surface area contributed by atoms with Crippen molar-refractivity contribution in [1.29, 1.82) is 0 Å². The third kappa shape index (κ3) is 72.2. The van der Waals surface area contributed by atoms with Crippen LogP contribution in [0.5, 0.6) is 0 Å². The van der Waals surface area contributed by atoms with Crippen molar-refractivity contribution in [1.82, 2.24) is 0 Å². The van der Waals surface area contributed by atoms with Gasteiger partial charge in [-0.15, -0.1) is 0 Å². The van der Waals surface area contributed by atoms with Crippen molar-refractivity contribution in [2.75, 3.05) is 0 Å².